The van der Waals surface area contributed by atoms with Crippen LogP contribution in [0.15, 0.2) is 73.0 Å². The summed E-state index contributed by atoms with van der Waals surface area (Å²) in [7, 11) is 0. The fraction of sp³-hybridized carbons (Fsp3) is 0.323. The van der Waals surface area contributed by atoms with Gasteiger partial charge in [0.15, 0.2) is 11.5 Å². The molecule has 1 aromatic carbocycles. The van der Waals surface area contributed by atoms with E-state index in [4.69, 9.17) is 15.7 Å². The van der Waals surface area contributed by atoms with Crippen molar-refractivity contribution < 1.29 is 0 Å². The number of allylic oxidation sites excluding steroid dienone is 4. The Hall–Kier alpha value is -3.81. The maximum Gasteiger partial charge on any atom is 0.165 e. The van der Waals surface area contributed by atoms with Gasteiger partial charge in [-0.05, 0) is 60.4 Å². The fourth-order valence-corrected chi connectivity index (χ4v) is 4.83. The zero-order valence-corrected chi connectivity index (χ0v) is 22.4. The predicted octanol–water partition coefficient (Wildman–Crippen LogP) is 5.62. The second-order valence-corrected chi connectivity index (χ2v) is 9.79. The van der Waals surface area contributed by atoms with Gasteiger partial charge >= 0.3 is 0 Å². The molecule has 1 aliphatic carbocycles. The first kappa shape index (κ1) is 25.8. The second-order valence-electron chi connectivity index (χ2n) is 9.79. The minimum absolute atomic E-state index is 0.456. The number of benzene rings is 1. The molecule has 0 atom stereocenters. The molecule has 0 unspecified atom stereocenters. The molecule has 1 aliphatic heterocycles. The number of hydrogen-bond donors (Lipinski definition) is 2. The average molecular weight is 508 g/mol. The van der Waals surface area contributed by atoms with Gasteiger partial charge in [-0.2, -0.15) is 0 Å². The molecule has 4 heterocycles. The number of nitrogens with two attached hydrogens (primary N) is 1. The monoisotopic (exact) mass is 507 g/mol. The molecule has 7 nitrogen and oxygen atoms in total. The third-order valence-electron chi connectivity index (χ3n) is 6.69. The molecular formula is C31H37N7. The number of piperazine rings is 1. The van der Waals surface area contributed by atoms with Crippen LogP contribution in [-0.4, -0.2) is 50.6 Å². The summed E-state index contributed by atoms with van der Waals surface area (Å²) in [6.45, 7) is 9.46. The molecule has 3 N–H and O–H groups in total. The fourth-order valence-electron chi connectivity index (χ4n) is 4.83. The van der Waals surface area contributed by atoms with Gasteiger partial charge in [-0.15, -0.1) is 0 Å². The molecule has 0 radical (unpaired) electrons. The normalized spacial score (nSPS) is 15.7. The zero-order chi connectivity index (χ0) is 26.3. The van der Waals surface area contributed by atoms with Gasteiger partial charge in [0.2, 0.25) is 0 Å². The summed E-state index contributed by atoms with van der Waals surface area (Å²) >= 11 is 0. The predicted molar refractivity (Wildman–Crippen MR) is 157 cm³/mol. The second kappa shape index (κ2) is 12.2. The summed E-state index contributed by atoms with van der Waals surface area (Å²) in [5.41, 5.74) is 13.1. The highest BCUT2D eigenvalue weighted by atomic mass is 15.2. The molecule has 6 rings (SSSR count). The molecule has 1 saturated heterocycles. The lowest BCUT2D eigenvalue weighted by Crippen LogP contribution is -2.42. The molecule has 0 amide bonds. The van der Waals surface area contributed by atoms with Crippen molar-refractivity contribution in [2.45, 2.75) is 39.7 Å². The van der Waals surface area contributed by atoms with Gasteiger partial charge in [-0.25, -0.2) is 15.0 Å². The topological polar surface area (TPSA) is 84.9 Å². The quantitative estimate of drug-likeness (QED) is 0.365. The van der Waals surface area contributed by atoms with Gasteiger partial charge < -0.3 is 11.1 Å². The van der Waals surface area contributed by atoms with Gasteiger partial charge in [0, 0.05) is 44.6 Å². The number of nitrogens with one attached hydrogen (secondary N) is 1. The Labute approximate surface area is 225 Å². The van der Waals surface area contributed by atoms with Crippen LogP contribution in [0.1, 0.15) is 44.4 Å². The number of nitrogen functional groups attached to an aromatic ring is 1. The minimum atomic E-state index is 0.456. The first-order valence-electron chi connectivity index (χ1n) is 13.7. The van der Waals surface area contributed by atoms with E-state index in [1.54, 1.807) is 6.20 Å². The standard InChI is InChI=1S/C28H29N7.C3H8/c29-26-23(7-4-14-31-26)27-33-25-13-12-24(21-5-2-1-3-6-21)32-28(25)35(27)22-10-8-20(9-11-22)19-34-17-15-30-16-18-34;1-3-2/h2,4-14,30H,1,3,15-19H2,(H2,29,31);3H2,1-2H3. The van der Waals surface area contributed by atoms with Crippen molar-refractivity contribution in [2.75, 3.05) is 31.9 Å². The highest BCUT2D eigenvalue weighted by Crippen LogP contribution is 2.31. The van der Waals surface area contributed by atoms with Crippen molar-refractivity contribution in [3.8, 4) is 17.1 Å². The summed E-state index contributed by atoms with van der Waals surface area (Å²) < 4.78 is 2.11. The number of rotatable bonds is 5. The van der Waals surface area contributed by atoms with Crippen LogP contribution in [0, 0.1) is 0 Å². The van der Waals surface area contributed by atoms with Crippen LogP contribution >= 0.6 is 0 Å². The molecule has 7 heteroatoms. The van der Waals surface area contributed by atoms with Crippen LogP contribution in [0.3, 0.4) is 0 Å². The van der Waals surface area contributed by atoms with E-state index in [1.807, 2.05) is 24.3 Å². The van der Waals surface area contributed by atoms with Gasteiger partial charge in [0.05, 0.1) is 11.3 Å². The molecule has 38 heavy (non-hydrogen) atoms. The van der Waals surface area contributed by atoms with E-state index in [1.165, 1.54) is 12.0 Å². The van der Waals surface area contributed by atoms with E-state index in [2.05, 4.69) is 76.1 Å². The van der Waals surface area contributed by atoms with Crippen LogP contribution in [0.5, 0.6) is 0 Å². The number of anilines is 1. The van der Waals surface area contributed by atoms with E-state index in [-0.39, 0.29) is 0 Å². The molecule has 0 spiro atoms. The third kappa shape index (κ3) is 5.69. The van der Waals surface area contributed by atoms with Gasteiger partial charge in [0.25, 0.3) is 0 Å². The maximum absolute atomic E-state index is 6.28. The van der Waals surface area contributed by atoms with Gasteiger partial charge in [-0.3, -0.25) is 9.47 Å². The zero-order valence-electron chi connectivity index (χ0n) is 22.4. The van der Waals surface area contributed by atoms with E-state index in [9.17, 15) is 0 Å². The van der Waals surface area contributed by atoms with Gasteiger partial charge in [-0.1, -0.05) is 50.6 Å². The minimum Gasteiger partial charge on any atom is -0.383 e. The van der Waals surface area contributed by atoms with Crippen molar-refractivity contribution in [2.24, 2.45) is 0 Å². The highest BCUT2D eigenvalue weighted by molar-refractivity contribution is 5.85. The largest absolute Gasteiger partial charge is 0.383 e. The Balaban J connectivity index is 0.000000937. The van der Waals surface area contributed by atoms with Crippen molar-refractivity contribution in [1.29, 1.82) is 0 Å². The van der Waals surface area contributed by atoms with Gasteiger partial charge in [0.1, 0.15) is 11.3 Å². The van der Waals surface area contributed by atoms with Crippen LogP contribution in [0.25, 0.3) is 33.8 Å². The van der Waals surface area contributed by atoms with Crippen molar-refractivity contribution >= 4 is 22.6 Å². The molecule has 1 fully saturated rings. The highest BCUT2D eigenvalue weighted by Gasteiger charge is 2.19. The molecule has 3 aromatic heterocycles. The number of pyridine rings is 2. The number of nitrogens with zero attached hydrogens (tertiary/aromatic N) is 5. The van der Waals surface area contributed by atoms with Crippen molar-refractivity contribution in [3.63, 3.8) is 0 Å². The lowest BCUT2D eigenvalue weighted by molar-refractivity contribution is 0.233. The van der Waals surface area contributed by atoms with Crippen LogP contribution in [0.2, 0.25) is 0 Å². The van der Waals surface area contributed by atoms with Crippen molar-refractivity contribution in [3.05, 3.63) is 84.2 Å². The number of fused-ring (bicyclic) bond motifs is 1. The van der Waals surface area contributed by atoms with E-state index >= 15 is 0 Å². The first-order valence-corrected chi connectivity index (χ1v) is 13.7. The van der Waals surface area contributed by atoms with Crippen LogP contribution in [-0.2, 0) is 6.54 Å². The Kier molecular flexibility index (Phi) is 8.26. The van der Waals surface area contributed by atoms with E-state index in [0.29, 0.717) is 5.82 Å². The van der Waals surface area contributed by atoms with E-state index < -0.39 is 0 Å². The summed E-state index contributed by atoms with van der Waals surface area (Å²) in [4.78, 5) is 16.8. The summed E-state index contributed by atoms with van der Waals surface area (Å²) in [6, 6.07) is 16.7. The molecule has 196 valence electrons. The van der Waals surface area contributed by atoms with Crippen LogP contribution in [0.4, 0.5) is 5.82 Å². The molecule has 0 saturated carbocycles. The maximum atomic E-state index is 6.28. The SMILES string of the molecule is CCC.Nc1ncccc1-c1nc2ccc(C3=CCCC=C3)nc2n1-c1ccc(CN2CCNCC2)cc1. The Morgan fingerprint density at radius 3 is 2.45 bits per heavy atom. The summed E-state index contributed by atoms with van der Waals surface area (Å²) in [5, 5.41) is 3.42. The average Bonchev–Trinajstić information content (AvgIpc) is 3.34. The van der Waals surface area contributed by atoms with E-state index in [0.717, 1.165) is 85.1 Å². The van der Waals surface area contributed by atoms with Crippen molar-refractivity contribution in [1.82, 2.24) is 29.7 Å². The smallest absolute Gasteiger partial charge is 0.165 e. The third-order valence-corrected chi connectivity index (χ3v) is 6.69. The lowest BCUT2D eigenvalue weighted by atomic mass is 10.0. The number of imidazole rings is 1. The Morgan fingerprint density at radius 2 is 1.74 bits per heavy atom. The number of hydrogen-bond acceptors (Lipinski definition) is 6. The number of aromatic nitrogens is 4. The molecule has 2 aliphatic rings. The lowest BCUT2D eigenvalue weighted by Gasteiger charge is -2.27. The Morgan fingerprint density at radius 1 is 0.947 bits per heavy atom. The first-order chi connectivity index (χ1) is 18.7. The molecular weight excluding hydrogens is 470 g/mol. The molecule has 4 aromatic rings. The summed E-state index contributed by atoms with van der Waals surface area (Å²) in [6.07, 6.45) is 11.7. The van der Waals surface area contributed by atoms with Crippen LogP contribution < -0.4 is 11.1 Å². The summed E-state index contributed by atoms with van der Waals surface area (Å²) in [5.74, 6) is 1.20. The Bertz CT molecular complexity index is 1430. The molecule has 0 bridgehead atoms.